The van der Waals surface area contributed by atoms with E-state index in [1.807, 2.05) is 54.6 Å². The molecule has 0 bridgehead atoms. The maximum atomic E-state index is 12.4. The molecule has 0 unspecified atom stereocenters. The highest BCUT2D eigenvalue weighted by atomic mass is 16.5. The van der Waals surface area contributed by atoms with Crippen LogP contribution in [-0.2, 0) is 6.61 Å². The van der Waals surface area contributed by atoms with Crippen LogP contribution in [0, 0.1) is 0 Å². The van der Waals surface area contributed by atoms with Gasteiger partial charge in [-0.1, -0.05) is 48.5 Å². The molecule has 27 heavy (non-hydrogen) atoms. The van der Waals surface area contributed by atoms with Crippen LogP contribution >= 0.6 is 0 Å². The van der Waals surface area contributed by atoms with E-state index in [2.05, 4.69) is 0 Å². The number of phenols is 1. The molecule has 4 heteroatoms. The predicted molar refractivity (Wildman–Crippen MR) is 105 cm³/mol. The summed E-state index contributed by atoms with van der Waals surface area (Å²) in [6, 6.07) is 22.0. The van der Waals surface area contributed by atoms with Crippen LogP contribution in [-0.4, -0.2) is 18.0 Å². The number of rotatable bonds is 7. The van der Waals surface area contributed by atoms with Gasteiger partial charge in [-0.3, -0.25) is 4.79 Å². The Hall–Kier alpha value is -3.53. The molecule has 3 aromatic rings. The number of allylic oxidation sites excluding steroid dienone is 1. The number of methoxy groups -OCH3 is 1. The van der Waals surface area contributed by atoms with Crippen LogP contribution in [0.5, 0.6) is 17.2 Å². The minimum absolute atomic E-state index is 0.113. The number of phenolic OH excluding ortho intramolecular Hbond substituents is 1. The molecule has 0 saturated heterocycles. The number of hydrogen-bond acceptors (Lipinski definition) is 4. The Bertz CT molecular complexity index is 946. The number of benzene rings is 3. The van der Waals surface area contributed by atoms with E-state index in [1.165, 1.54) is 19.3 Å². The van der Waals surface area contributed by atoms with Gasteiger partial charge in [0.1, 0.15) is 23.9 Å². The Morgan fingerprint density at radius 1 is 1.00 bits per heavy atom. The van der Waals surface area contributed by atoms with Gasteiger partial charge in [-0.05, 0) is 35.9 Å². The van der Waals surface area contributed by atoms with E-state index in [9.17, 15) is 9.90 Å². The summed E-state index contributed by atoms with van der Waals surface area (Å²) < 4.78 is 10.9. The molecule has 0 fully saturated rings. The van der Waals surface area contributed by atoms with E-state index in [4.69, 9.17) is 9.47 Å². The normalized spacial score (nSPS) is 10.7. The topological polar surface area (TPSA) is 55.8 Å². The summed E-state index contributed by atoms with van der Waals surface area (Å²) in [6.07, 6.45) is 3.11. The first kappa shape index (κ1) is 18.3. The van der Waals surface area contributed by atoms with Crippen LogP contribution in [0.15, 0.2) is 78.9 Å². The third kappa shape index (κ3) is 4.76. The lowest BCUT2D eigenvalue weighted by Gasteiger charge is -2.09. The van der Waals surface area contributed by atoms with Crippen molar-refractivity contribution in [1.29, 1.82) is 0 Å². The third-order valence-corrected chi connectivity index (χ3v) is 4.04. The molecule has 4 nitrogen and oxygen atoms in total. The summed E-state index contributed by atoms with van der Waals surface area (Å²) in [5, 5.41) is 10.00. The maximum Gasteiger partial charge on any atom is 0.189 e. The number of hydrogen-bond donors (Lipinski definition) is 1. The smallest absolute Gasteiger partial charge is 0.189 e. The van der Waals surface area contributed by atoms with Gasteiger partial charge in [0, 0.05) is 11.6 Å². The quantitative estimate of drug-likeness (QED) is 0.482. The van der Waals surface area contributed by atoms with Crippen LogP contribution in [0.3, 0.4) is 0 Å². The maximum absolute atomic E-state index is 12.4. The summed E-state index contributed by atoms with van der Waals surface area (Å²) in [4.78, 5) is 12.4. The predicted octanol–water partition coefficient (Wildman–Crippen LogP) is 4.88. The van der Waals surface area contributed by atoms with Crippen molar-refractivity contribution in [1.82, 2.24) is 0 Å². The fourth-order valence-corrected chi connectivity index (χ4v) is 2.59. The van der Waals surface area contributed by atoms with E-state index in [0.29, 0.717) is 18.1 Å². The van der Waals surface area contributed by atoms with Crippen LogP contribution in [0.25, 0.3) is 6.08 Å². The second-order valence-electron chi connectivity index (χ2n) is 5.89. The minimum Gasteiger partial charge on any atom is -0.507 e. The van der Waals surface area contributed by atoms with E-state index < -0.39 is 0 Å². The van der Waals surface area contributed by atoms with Gasteiger partial charge in [-0.25, -0.2) is 0 Å². The zero-order chi connectivity index (χ0) is 19.1. The molecule has 0 heterocycles. The molecule has 0 saturated carbocycles. The fraction of sp³-hybridized carbons (Fsp3) is 0.0870. The van der Waals surface area contributed by atoms with Crippen LogP contribution in [0.2, 0.25) is 0 Å². The van der Waals surface area contributed by atoms with E-state index in [-0.39, 0.29) is 17.1 Å². The van der Waals surface area contributed by atoms with Crippen molar-refractivity contribution in [2.75, 3.05) is 7.11 Å². The molecule has 0 aliphatic carbocycles. The largest absolute Gasteiger partial charge is 0.507 e. The van der Waals surface area contributed by atoms with Crippen LogP contribution in [0.1, 0.15) is 21.5 Å². The van der Waals surface area contributed by atoms with Crippen molar-refractivity contribution < 1.29 is 19.4 Å². The van der Waals surface area contributed by atoms with Crippen LogP contribution in [0.4, 0.5) is 0 Å². The first-order valence-corrected chi connectivity index (χ1v) is 8.52. The van der Waals surface area contributed by atoms with Crippen molar-refractivity contribution in [3.05, 3.63) is 95.6 Å². The SMILES string of the molecule is COc1ccc(C(=O)/C=C/c2ccccc2OCc2ccccc2)c(O)c1. The highest BCUT2D eigenvalue weighted by molar-refractivity contribution is 6.08. The van der Waals surface area contributed by atoms with Crippen molar-refractivity contribution in [3.63, 3.8) is 0 Å². The molecule has 0 aliphatic rings. The highest BCUT2D eigenvalue weighted by Crippen LogP contribution is 2.25. The van der Waals surface area contributed by atoms with Crippen molar-refractivity contribution in [3.8, 4) is 17.2 Å². The number of carbonyl (C=O) groups excluding carboxylic acids is 1. The number of ketones is 1. The summed E-state index contributed by atoms with van der Waals surface area (Å²) in [5.41, 5.74) is 2.07. The second-order valence-corrected chi connectivity index (χ2v) is 5.89. The fourth-order valence-electron chi connectivity index (χ4n) is 2.59. The van der Waals surface area contributed by atoms with Gasteiger partial charge in [-0.2, -0.15) is 0 Å². The Kier molecular flexibility index (Phi) is 5.90. The Morgan fingerprint density at radius 2 is 1.74 bits per heavy atom. The molecule has 0 amide bonds. The van der Waals surface area contributed by atoms with Gasteiger partial charge in [0.15, 0.2) is 5.78 Å². The lowest BCUT2D eigenvalue weighted by Crippen LogP contribution is -1.98. The summed E-state index contributed by atoms with van der Waals surface area (Å²) in [5.74, 6) is 0.766. The number of aromatic hydroxyl groups is 1. The van der Waals surface area contributed by atoms with E-state index in [0.717, 1.165) is 11.1 Å². The lowest BCUT2D eigenvalue weighted by atomic mass is 10.1. The molecule has 1 N–H and O–H groups in total. The summed E-state index contributed by atoms with van der Waals surface area (Å²) in [7, 11) is 1.50. The average Bonchev–Trinajstić information content (AvgIpc) is 2.71. The monoisotopic (exact) mass is 360 g/mol. The Morgan fingerprint density at radius 3 is 2.48 bits per heavy atom. The van der Waals surface area contributed by atoms with Gasteiger partial charge in [0.25, 0.3) is 0 Å². The van der Waals surface area contributed by atoms with Crippen molar-refractivity contribution in [2.24, 2.45) is 0 Å². The van der Waals surface area contributed by atoms with E-state index in [1.54, 1.807) is 18.2 Å². The molecule has 3 aromatic carbocycles. The number of carbonyl (C=O) groups is 1. The Labute approximate surface area is 158 Å². The standard InChI is InChI=1S/C23H20O4/c1-26-19-12-13-20(22(25)15-19)21(24)14-11-18-9-5-6-10-23(18)27-16-17-7-3-2-4-8-17/h2-15,25H,16H2,1H3/b14-11+. The molecule has 0 atom stereocenters. The Balaban J connectivity index is 1.74. The molecule has 0 spiro atoms. The van der Waals surface area contributed by atoms with Gasteiger partial charge in [0.2, 0.25) is 0 Å². The second kappa shape index (κ2) is 8.72. The zero-order valence-electron chi connectivity index (χ0n) is 15.0. The van der Waals surface area contributed by atoms with E-state index >= 15 is 0 Å². The zero-order valence-corrected chi connectivity index (χ0v) is 15.0. The first-order valence-electron chi connectivity index (χ1n) is 8.52. The lowest BCUT2D eigenvalue weighted by molar-refractivity contribution is 0.104. The summed E-state index contributed by atoms with van der Waals surface area (Å²) >= 11 is 0. The highest BCUT2D eigenvalue weighted by Gasteiger charge is 2.10. The third-order valence-electron chi connectivity index (χ3n) is 4.04. The van der Waals surface area contributed by atoms with Crippen molar-refractivity contribution in [2.45, 2.75) is 6.61 Å². The molecule has 0 aromatic heterocycles. The van der Waals surface area contributed by atoms with Gasteiger partial charge in [0.05, 0.1) is 12.7 Å². The average molecular weight is 360 g/mol. The van der Waals surface area contributed by atoms with Crippen LogP contribution < -0.4 is 9.47 Å². The van der Waals surface area contributed by atoms with Crippen molar-refractivity contribution >= 4 is 11.9 Å². The molecular weight excluding hydrogens is 340 g/mol. The van der Waals surface area contributed by atoms with Gasteiger partial charge in [-0.15, -0.1) is 0 Å². The molecule has 136 valence electrons. The first-order chi connectivity index (χ1) is 13.2. The molecular formula is C23H20O4. The number of para-hydroxylation sites is 1. The molecule has 0 aliphatic heterocycles. The molecule has 0 radical (unpaired) electrons. The van der Waals surface area contributed by atoms with Gasteiger partial charge >= 0.3 is 0 Å². The minimum atomic E-state index is -0.298. The summed E-state index contributed by atoms with van der Waals surface area (Å²) in [6.45, 7) is 0.443. The number of ether oxygens (including phenoxy) is 2. The molecule has 3 rings (SSSR count). The van der Waals surface area contributed by atoms with Gasteiger partial charge < -0.3 is 14.6 Å².